The van der Waals surface area contributed by atoms with Crippen LogP contribution in [0.2, 0.25) is 5.02 Å². The first-order chi connectivity index (χ1) is 8.27. The van der Waals surface area contributed by atoms with Crippen molar-refractivity contribution in [2.75, 3.05) is 0 Å². The summed E-state index contributed by atoms with van der Waals surface area (Å²) in [5.74, 6) is -0.107. The Balaban J connectivity index is 3.15. The van der Waals surface area contributed by atoms with Crippen molar-refractivity contribution >= 4 is 21.6 Å². The molecular weight excluding hydrogens is 272 g/mol. The lowest BCUT2D eigenvalue weighted by molar-refractivity contribution is 0.515. The molecule has 1 N–H and O–H groups in total. The summed E-state index contributed by atoms with van der Waals surface area (Å²) >= 11 is 5.80. The first-order valence-electron chi connectivity index (χ1n) is 5.46. The highest BCUT2D eigenvalue weighted by atomic mass is 35.5. The largest absolute Gasteiger partial charge is 0.242 e. The molecule has 1 rings (SSSR count). The van der Waals surface area contributed by atoms with E-state index in [1.54, 1.807) is 32.9 Å². The van der Waals surface area contributed by atoms with Crippen LogP contribution in [0.15, 0.2) is 23.1 Å². The lowest BCUT2D eigenvalue weighted by atomic mass is 10.1. The molecule has 0 saturated carbocycles. The molecule has 0 bridgehead atoms. The van der Waals surface area contributed by atoms with E-state index in [2.05, 4.69) is 4.72 Å². The number of hydrogen-bond acceptors (Lipinski definition) is 3. The Bertz CT molecular complexity index is 576. The summed E-state index contributed by atoms with van der Waals surface area (Å²) in [6, 6.07) is 5.82. The van der Waals surface area contributed by atoms with Crippen molar-refractivity contribution in [3.63, 3.8) is 0 Å². The standard InChI is InChI=1S/C12H15ClN2O2S/c1-8(2)11(7-14)15-18(16,17)12-6-10(13)5-4-9(12)3/h4-6,8,11,15H,1-3H3/t11-/m0/s1. The molecule has 1 aromatic rings. The van der Waals surface area contributed by atoms with Gasteiger partial charge in [0.2, 0.25) is 10.0 Å². The Kier molecular flexibility index (Phi) is 4.74. The summed E-state index contributed by atoms with van der Waals surface area (Å²) in [6.07, 6.45) is 0. The molecule has 1 atom stereocenters. The molecule has 4 nitrogen and oxygen atoms in total. The van der Waals surface area contributed by atoms with Crippen LogP contribution in [0.1, 0.15) is 19.4 Å². The molecule has 0 fully saturated rings. The summed E-state index contributed by atoms with van der Waals surface area (Å²) in [7, 11) is -3.73. The minimum atomic E-state index is -3.73. The number of sulfonamides is 1. The summed E-state index contributed by atoms with van der Waals surface area (Å²) in [4.78, 5) is 0.107. The van der Waals surface area contributed by atoms with E-state index in [9.17, 15) is 8.42 Å². The average molecular weight is 287 g/mol. The molecule has 0 spiro atoms. The molecule has 18 heavy (non-hydrogen) atoms. The van der Waals surface area contributed by atoms with Crippen LogP contribution in [-0.4, -0.2) is 14.5 Å². The van der Waals surface area contributed by atoms with E-state index in [4.69, 9.17) is 16.9 Å². The molecular formula is C12H15ClN2O2S. The number of rotatable bonds is 4. The number of benzene rings is 1. The van der Waals surface area contributed by atoms with Gasteiger partial charge in [0.15, 0.2) is 0 Å². The summed E-state index contributed by atoms with van der Waals surface area (Å²) in [6.45, 7) is 5.24. The van der Waals surface area contributed by atoms with Crippen molar-refractivity contribution in [1.82, 2.24) is 4.72 Å². The Labute approximate surface area is 113 Å². The van der Waals surface area contributed by atoms with Crippen LogP contribution in [-0.2, 0) is 10.0 Å². The predicted octanol–water partition coefficient (Wildman–Crippen LogP) is 2.47. The highest BCUT2D eigenvalue weighted by Crippen LogP contribution is 2.20. The van der Waals surface area contributed by atoms with E-state index in [1.165, 1.54) is 6.07 Å². The molecule has 0 aliphatic heterocycles. The lowest BCUT2D eigenvalue weighted by Crippen LogP contribution is -2.37. The Morgan fingerprint density at radius 3 is 2.50 bits per heavy atom. The summed E-state index contributed by atoms with van der Waals surface area (Å²) < 4.78 is 26.7. The molecule has 98 valence electrons. The first-order valence-corrected chi connectivity index (χ1v) is 7.32. The lowest BCUT2D eigenvalue weighted by Gasteiger charge is -2.16. The van der Waals surface area contributed by atoms with Gasteiger partial charge < -0.3 is 0 Å². The van der Waals surface area contributed by atoms with E-state index < -0.39 is 16.1 Å². The van der Waals surface area contributed by atoms with Crippen molar-refractivity contribution < 1.29 is 8.42 Å². The van der Waals surface area contributed by atoms with E-state index in [-0.39, 0.29) is 10.8 Å². The topological polar surface area (TPSA) is 70.0 Å². The number of hydrogen-bond donors (Lipinski definition) is 1. The van der Waals surface area contributed by atoms with Gasteiger partial charge in [-0.3, -0.25) is 0 Å². The smallest absolute Gasteiger partial charge is 0.207 e. The van der Waals surface area contributed by atoms with Gasteiger partial charge >= 0.3 is 0 Å². The minimum absolute atomic E-state index is 0.107. The predicted molar refractivity (Wildman–Crippen MR) is 70.7 cm³/mol. The van der Waals surface area contributed by atoms with Crippen LogP contribution in [0.3, 0.4) is 0 Å². The summed E-state index contributed by atoms with van der Waals surface area (Å²) in [5, 5.41) is 9.27. The second-order valence-corrected chi connectivity index (χ2v) is 6.50. The maximum atomic E-state index is 12.2. The Morgan fingerprint density at radius 2 is 2.00 bits per heavy atom. The van der Waals surface area contributed by atoms with Gasteiger partial charge in [-0.15, -0.1) is 0 Å². The molecule has 1 aromatic carbocycles. The molecule has 0 radical (unpaired) electrons. The van der Waals surface area contributed by atoms with Crippen LogP contribution in [0.5, 0.6) is 0 Å². The molecule has 0 aromatic heterocycles. The van der Waals surface area contributed by atoms with Gasteiger partial charge in [0.1, 0.15) is 6.04 Å². The zero-order chi connectivity index (χ0) is 13.9. The third kappa shape index (κ3) is 3.45. The number of nitrogens with zero attached hydrogens (tertiary/aromatic N) is 1. The third-order valence-electron chi connectivity index (χ3n) is 2.53. The van der Waals surface area contributed by atoms with Gasteiger partial charge in [0.25, 0.3) is 0 Å². The molecule has 0 amide bonds. The van der Waals surface area contributed by atoms with E-state index >= 15 is 0 Å². The molecule has 0 heterocycles. The van der Waals surface area contributed by atoms with Crippen LogP contribution >= 0.6 is 11.6 Å². The van der Waals surface area contributed by atoms with Gasteiger partial charge in [-0.25, -0.2) is 8.42 Å². The highest BCUT2D eigenvalue weighted by Gasteiger charge is 2.23. The molecule has 0 aliphatic rings. The number of halogens is 1. The fourth-order valence-electron chi connectivity index (χ4n) is 1.41. The van der Waals surface area contributed by atoms with Crippen molar-refractivity contribution in [3.8, 4) is 6.07 Å². The van der Waals surface area contributed by atoms with Gasteiger partial charge in [-0.1, -0.05) is 31.5 Å². The Morgan fingerprint density at radius 1 is 1.39 bits per heavy atom. The number of aryl methyl sites for hydroxylation is 1. The fraction of sp³-hybridized carbons (Fsp3) is 0.417. The van der Waals surface area contributed by atoms with Gasteiger partial charge in [-0.2, -0.15) is 9.98 Å². The minimum Gasteiger partial charge on any atom is -0.207 e. The van der Waals surface area contributed by atoms with Crippen molar-refractivity contribution in [1.29, 1.82) is 5.26 Å². The van der Waals surface area contributed by atoms with Gasteiger partial charge in [0, 0.05) is 5.02 Å². The van der Waals surface area contributed by atoms with Crippen LogP contribution in [0, 0.1) is 24.2 Å². The highest BCUT2D eigenvalue weighted by molar-refractivity contribution is 7.89. The average Bonchev–Trinajstić information content (AvgIpc) is 2.28. The van der Waals surface area contributed by atoms with Crippen molar-refractivity contribution in [2.45, 2.75) is 31.7 Å². The third-order valence-corrected chi connectivity index (χ3v) is 4.35. The SMILES string of the molecule is Cc1ccc(Cl)cc1S(=O)(=O)N[C@@H](C#N)C(C)C. The zero-order valence-electron chi connectivity index (χ0n) is 10.4. The monoisotopic (exact) mass is 286 g/mol. The van der Waals surface area contributed by atoms with E-state index in [0.717, 1.165) is 0 Å². The van der Waals surface area contributed by atoms with Crippen LogP contribution in [0.4, 0.5) is 0 Å². The van der Waals surface area contributed by atoms with Gasteiger partial charge in [-0.05, 0) is 30.5 Å². The van der Waals surface area contributed by atoms with Crippen LogP contribution < -0.4 is 4.72 Å². The van der Waals surface area contributed by atoms with Crippen molar-refractivity contribution in [2.24, 2.45) is 5.92 Å². The first kappa shape index (κ1) is 15.0. The second-order valence-electron chi connectivity index (χ2n) is 4.38. The zero-order valence-corrected chi connectivity index (χ0v) is 12.0. The summed E-state index contributed by atoms with van der Waals surface area (Å²) in [5.41, 5.74) is 0.590. The number of nitriles is 1. The fourth-order valence-corrected chi connectivity index (χ4v) is 3.20. The van der Waals surface area contributed by atoms with Crippen LogP contribution in [0.25, 0.3) is 0 Å². The molecule has 0 saturated heterocycles. The van der Waals surface area contributed by atoms with Crippen molar-refractivity contribution in [3.05, 3.63) is 28.8 Å². The second kappa shape index (κ2) is 5.70. The quantitative estimate of drug-likeness (QED) is 0.924. The van der Waals surface area contributed by atoms with E-state index in [1.807, 2.05) is 6.07 Å². The number of nitrogens with one attached hydrogen (secondary N) is 1. The maximum absolute atomic E-state index is 12.2. The molecule has 6 heteroatoms. The normalized spacial score (nSPS) is 13.3. The molecule has 0 unspecified atom stereocenters. The van der Waals surface area contributed by atoms with Gasteiger partial charge in [0.05, 0.1) is 11.0 Å². The Hall–Kier alpha value is -1.09. The maximum Gasteiger partial charge on any atom is 0.242 e. The van der Waals surface area contributed by atoms with E-state index in [0.29, 0.717) is 10.6 Å². The molecule has 0 aliphatic carbocycles.